The van der Waals surface area contributed by atoms with E-state index in [0.717, 1.165) is 17.4 Å². The summed E-state index contributed by atoms with van der Waals surface area (Å²) in [4.78, 5) is 19.4. The van der Waals surface area contributed by atoms with Crippen LogP contribution in [0, 0.1) is 5.82 Å². The van der Waals surface area contributed by atoms with Crippen molar-refractivity contribution in [3.8, 4) is 28.6 Å². The van der Waals surface area contributed by atoms with E-state index in [1.165, 1.54) is 18.5 Å². The maximum absolute atomic E-state index is 13.8. The van der Waals surface area contributed by atoms with Crippen molar-refractivity contribution in [1.29, 1.82) is 0 Å². The lowest BCUT2D eigenvalue weighted by atomic mass is 9.96. The molecule has 0 aliphatic carbocycles. The Bertz CT molecular complexity index is 1490. The highest BCUT2D eigenvalue weighted by molar-refractivity contribution is 5.98. The summed E-state index contributed by atoms with van der Waals surface area (Å²) in [7, 11) is 1.59. The second-order valence-electron chi connectivity index (χ2n) is 8.56. The first kappa shape index (κ1) is 25.1. The van der Waals surface area contributed by atoms with Crippen LogP contribution in [0.15, 0.2) is 67.0 Å². The number of alkyl halides is 3. The van der Waals surface area contributed by atoms with Gasteiger partial charge in [0.15, 0.2) is 0 Å². The summed E-state index contributed by atoms with van der Waals surface area (Å²) in [6, 6.07) is 12.5. The Balaban J connectivity index is 1.39. The number of methoxy groups -OCH3 is 1. The minimum absolute atomic E-state index is 0.0383. The predicted molar refractivity (Wildman–Crippen MR) is 128 cm³/mol. The van der Waals surface area contributed by atoms with Gasteiger partial charge in [-0.1, -0.05) is 12.1 Å². The van der Waals surface area contributed by atoms with Gasteiger partial charge in [0, 0.05) is 37.0 Å². The summed E-state index contributed by atoms with van der Waals surface area (Å²) in [5, 5.41) is 7.95. The van der Waals surface area contributed by atoms with Gasteiger partial charge in [0.2, 0.25) is 0 Å². The van der Waals surface area contributed by atoms with E-state index in [1.54, 1.807) is 18.1 Å². The molecular weight excluding hydrogens is 504 g/mol. The first-order valence-corrected chi connectivity index (χ1v) is 11.5. The molecule has 194 valence electrons. The van der Waals surface area contributed by atoms with Gasteiger partial charge in [0.25, 0.3) is 5.91 Å². The molecule has 1 aliphatic rings. The number of rotatable bonds is 6. The number of hydrogen-bond donors (Lipinski definition) is 0. The molecule has 1 amide bonds. The van der Waals surface area contributed by atoms with Gasteiger partial charge in [-0.15, -0.1) is 5.10 Å². The molecule has 38 heavy (non-hydrogen) atoms. The molecule has 0 saturated carbocycles. The van der Waals surface area contributed by atoms with Gasteiger partial charge in [-0.2, -0.15) is 18.3 Å². The van der Waals surface area contributed by atoms with Crippen molar-refractivity contribution in [3.05, 3.63) is 95.1 Å². The molecule has 0 fully saturated rings. The molecule has 2 aromatic heterocycles. The van der Waals surface area contributed by atoms with Crippen LogP contribution in [0.25, 0.3) is 11.4 Å². The Morgan fingerprint density at radius 2 is 1.79 bits per heavy atom. The van der Waals surface area contributed by atoms with E-state index in [4.69, 9.17) is 9.47 Å². The lowest BCUT2D eigenvalue weighted by Crippen LogP contribution is -2.37. The molecule has 3 heterocycles. The van der Waals surface area contributed by atoms with E-state index in [1.807, 2.05) is 24.3 Å². The number of benzene rings is 2. The molecule has 2 aromatic carbocycles. The highest BCUT2D eigenvalue weighted by Gasteiger charge is 2.32. The van der Waals surface area contributed by atoms with Crippen molar-refractivity contribution in [2.24, 2.45) is 0 Å². The van der Waals surface area contributed by atoms with Gasteiger partial charge in [-0.25, -0.2) is 4.39 Å². The normalized spacial score (nSPS) is 13.3. The maximum Gasteiger partial charge on any atom is 0.416 e. The van der Waals surface area contributed by atoms with Crippen LogP contribution in [0.4, 0.5) is 17.6 Å². The van der Waals surface area contributed by atoms with Crippen LogP contribution in [-0.2, 0) is 19.1 Å². The van der Waals surface area contributed by atoms with Gasteiger partial charge in [-0.05, 0) is 47.9 Å². The monoisotopic (exact) mass is 524 g/mol. The highest BCUT2D eigenvalue weighted by Crippen LogP contribution is 2.35. The Kier molecular flexibility index (Phi) is 6.66. The number of halogens is 4. The number of carbonyl (C=O) groups is 1. The van der Waals surface area contributed by atoms with Crippen LogP contribution in [0.2, 0.25) is 0 Å². The maximum atomic E-state index is 13.8. The van der Waals surface area contributed by atoms with E-state index < -0.39 is 17.6 Å². The van der Waals surface area contributed by atoms with Crippen LogP contribution < -0.4 is 9.47 Å². The molecule has 5 rings (SSSR count). The lowest BCUT2D eigenvalue weighted by Gasteiger charge is -2.29. The minimum Gasteiger partial charge on any atom is -0.497 e. The summed E-state index contributed by atoms with van der Waals surface area (Å²) in [6.45, 7) is 0.875. The van der Waals surface area contributed by atoms with Gasteiger partial charge in [0.1, 0.15) is 28.8 Å². The molecule has 0 unspecified atom stereocenters. The van der Waals surface area contributed by atoms with Crippen molar-refractivity contribution >= 4 is 5.91 Å². The molecule has 0 atom stereocenters. The van der Waals surface area contributed by atoms with E-state index in [-0.39, 0.29) is 23.1 Å². The number of carbonyl (C=O) groups excluding carboxylic acids is 1. The fraction of sp³-hybridized carbons (Fsp3) is 0.185. The summed E-state index contributed by atoms with van der Waals surface area (Å²) in [6.07, 6.45) is -1.55. The minimum atomic E-state index is -4.73. The zero-order valence-corrected chi connectivity index (χ0v) is 20.0. The third-order valence-corrected chi connectivity index (χ3v) is 6.04. The number of ether oxygens (including phenoxy) is 2. The smallest absolute Gasteiger partial charge is 0.416 e. The van der Waals surface area contributed by atoms with Crippen molar-refractivity contribution in [3.63, 3.8) is 0 Å². The number of fused-ring (bicyclic) bond motifs is 1. The second kappa shape index (κ2) is 10.1. The number of pyridine rings is 1. The number of nitrogens with zero attached hydrogens (tertiary/aromatic N) is 4. The topological polar surface area (TPSA) is 77.4 Å². The molecule has 11 heteroatoms. The molecule has 1 aliphatic heterocycles. The molecule has 4 aromatic rings. The molecule has 0 saturated heterocycles. The molecule has 0 radical (unpaired) electrons. The molecule has 0 spiro atoms. The van der Waals surface area contributed by atoms with E-state index >= 15 is 0 Å². The standard InChI is InChI=1S/C27H20F4N4O3/c1-37-19-4-2-16(3-5-19)15-35-9-7-22-23(26(35)36)6-8-32-25(22)24-13-21(14-33-34-24)38-20-11-17(27(29,30)31)10-18(28)12-20/h2-6,8,10-14H,7,9,15H2,1H3. The SMILES string of the molecule is COc1ccc(CN2CCc3c(ccnc3-c3cc(Oc4cc(F)cc(C(F)(F)F)c4)cnn3)C2=O)cc1. The Hall–Kier alpha value is -4.54. The summed E-state index contributed by atoms with van der Waals surface area (Å²) in [5.41, 5.74) is 1.61. The summed E-state index contributed by atoms with van der Waals surface area (Å²) in [5.74, 6) is -0.829. The van der Waals surface area contributed by atoms with E-state index in [0.29, 0.717) is 48.5 Å². The third-order valence-electron chi connectivity index (χ3n) is 6.04. The summed E-state index contributed by atoms with van der Waals surface area (Å²) >= 11 is 0. The average molecular weight is 524 g/mol. The van der Waals surface area contributed by atoms with Crippen molar-refractivity contribution in [1.82, 2.24) is 20.1 Å². The summed E-state index contributed by atoms with van der Waals surface area (Å²) < 4.78 is 63.6. The first-order chi connectivity index (χ1) is 18.2. The molecular formula is C27H20F4N4O3. The van der Waals surface area contributed by atoms with Crippen LogP contribution in [-0.4, -0.2) is 39.6 Å². The number of hydrogen-bond acceptors (Lipinski definition) is 6. The molecule has 0 N–H and O–H groups in total. The molecule has 0 bridgehead atoms. The zero-order chi connectivity index (χ0) is 26.9. The fourth-order valence-corrected chi connectivity index (χ4v) is 4.23. The zero-order valence-electron chi connectivity index (χ0n) is 20.0. The van der Waals surface area contributed by atoms with E-state index in [2.05, 4.69) is 15.2 Å². The van der Waals surface area contributed by atoms with Gasteiger partial charge in [-0.3, -0.25) is 9.78 Å². The first-order valence-electron chi connectivity index (χ1n) is 11.5. The van der Waals surface area contributed by atoms with Crippen LogP contribution in [0.3, 0.4) is 0 Å². The van der Waals surface area contributed by atoms with Crippen LogP contribution in [0.5, 0.6) is 17.2 Å². The Morgan fingerprint density at radius 1 is 1.00 bits per heavy atom. The quantitative estimate of drug-likeness (QED) is 0.302. The highest BCUT2D eigenvalue weighted by atomic mass is 19.4. The number of aromatic nitrogens is 3. The van der Waals surface area contributed by atoms with Crippen LogP contribution in [0.1, 0.15) is 27.0 Å². The lowest BCUT2D eigenvalue weighted by molar-refractivity contribution is -0.137. The van der Waals surface area contributed by atoms with Gasteiger partial charge in [0.05, 0.1) is 24.6 Å². The van der Waals surface area contributed by atoms with Crippen molar-refractivity contribution in [2.75, 3.05) is 13.7 Å². The third kappa shape index (κ3) is 5.26. The molecule has 7 nitrogen and oxygen atoms in total. The van der Waals surface area contributed by atoms with Crippen molar-refractivity contribution < 1.29 is 31.8 Å². The largest absolute Gasteiger partial charge is 0.497 e. The Labute approximate surface area is 214 Å². The predicted octanol–water partition coefficient (Wildman–Crippen LogP) is 5.70. The van der Waals surface area contributed by atoms with Crippen LogP contribution >= 0.6 is 0 Å². The fourth-order valence-electron chi connectivity index (χ4n) is 4.23. The van der Waals surface area contributed by atoms with Gasteiger partial charge >= 0.3 is 6.18 Å². The number of amides is 1. The average Bonchev–Trinajstić information content (AvgIpc) is 2.90. The van der Waals surface area contributed by atoms with E-state index in [9.17, 15) is 22.4 Å². The van der Waals surface area contributed by atoms with Gasteiger partial charge < -0.3 is 14.4 Å². The Morgan fingerprint density at radius 3 is 2.53 bits per heavy atom. The van der Waals surface area contributed by atoms with Crippen molar-refractivity contribution in [2.45, 2.75) is 19.1 Å². The second-order valence-corrected chi connectivity index (χ2v) is 8.56.